The van der Waals surface area contributed by atoms with Crippen LogP contribution >= 0.6 is 0 Å². The minimum absolute atomic E-state index is 0.0148. The number of nitrogens with one attached hydrogen (secondary N) is 2. The van der Waals surface area contributed by atoms with Crippen LogP contribution < -0.4 is 15.4 Å². The van der Waals surface area contributed by atoms with Crippen LogP contribution in [0.15, 0.2) is 24.3 Å². The Bertz CT molecular complexity index is 554. The fraction of sp³-hybridized carbons (Fsp3) is 0.556. The second kappa shape index (κ2) is 9.15. The summed E-state index contributed by atoms with van der Waals surface area (Å²) in [4.78, 5) is 25.7. The zero-order valence-electron chi connectivity index (χ0n) is 14.5. The SMILES string of the molecule is CCCNC(=O)Nc1cccc(OCC(=O)N2CCC(C)CC2)c1. The van der Waals surface area contributed by atoms with Crippen molar-refractivity contribution in [2.75, 3.05) is 31.6 Å². The standard InChI is InChI=1S/C18H27N3O3/c1-3-9-19-18(23)20-15-5-4-6-16(12-15)24-13-17(22)21-10-7-14(2)8-11-21/h4-6,12,14H,3,7-11,13H2,1-2H3,(H2,19,20,23). The molecule has 0 aliphatic carbocycles. The molecule has 6 heteroatoms. The van der Waals surface area contributed by atoms with Gasteiger partial charge in [-0.05, 0) is 37.3 Å². The molecule has 3 amide bonds. The number of rotatable bonds is 6. The largest absolute Gasteiger partial charge is 0.484 e. The predicted molar refractivity (Wildman–Crippen MR) is 94.2 cm³/mol. The van der Waals surface area contributed by atoms with Crippen molar-refractivity contribution >= 4 is 17.6 Å². The molecule has 1 aliphatic heterocycles. The summed E-state index contributed by atoms with van der Waals surface area (Å²) < 4.78 is 5.59. The third kappa shape index (κ3) is 5.76. The molecule has 132 valence electrons. The van der Waals surface area contributed by atoms with Crippen LogP contribution in [0.2, 0.25) is 0 Å². The number of anilines is 1. The molecule has 2 rings (SSSR count). The van der Waals surface area contributed by atoms with Gasteiger partial charge < -0.3 is 20.3 Å². The molecule has 0 aromatic heterocycles. The molecule has 1 aromatic carbocycles. The first-order chi connectivity index (χ1) is 11.6. The van der Waals surface area contributed by atoms with Gasteiger partial charge in [0.2, 0.25) is 0 Å². The van der Waals surface area contributed by atoms with Crippen LogP contribution in [0.1, 0.15) is 33.1 Å². The van der Waals surface area contributed by atoms with Gasteiger partial charge in [-0.2, -0.15) is 0 Å². The number of hydrogen-bond donors (Lipinski definition) is 2. The van der Waals surface area contributed by atoms with Crippen LogP contribution in [0.4, 0.5) is 10.5 Å². The Morgan fingerprint density at radius 1 is 1.29 bits per heavy atom. The molecule has 0 radical (unpaired) electrons. The Morgan fingerprint density at radius 2 is 2.04 bits per heavy atom. The van der Waals surface area contributed by atoms with E-state index in [1.807, 2.05) is 11.8 Å². The molecule has 0 unspecified atom stereocenters. The normalized spacial score (nSPS) is 15.0. The van der Waals surface area contributed by atoms with E-state index in [2.05, 4.69) is 17.6 Å². The van der Waals surface area contributed by atoms with E-state index in [-0.39, 0.29) is 18.5 Å². The van der Waals surface area contributed by atoms with E-state index in [4.69, 9.17) is 4.74 Å². The molecule has 0 atom stereocenters. The van der Waals surface area contributed by atoms with Gasteiger partial charge in [-0.15, -0.1) is 0 Å². The molecule has 2 N–H and O–H groups in total. The summed E-state index contributed by atoms with van der Waals surface area (Å²) in [5.41, 5.74) is 0.639. The topological polar surface area (TPSA) is 70.7 Å². The van der Waals surface area contributed by atoms with Crippen LogP contribution in [0, 0.1) is 5.92 Å². The van der Waals surface area contributed by atoms with E-state index in [0.717, 1.165) is 32.4 Å². The summed E-state index contributed by atoms with van der Waals surface area (Å²) >= 11 is 0. The Balaban J connectivity index is 1.81. The van der Waals surface area contributed by atoms with E-state index in [0.29, 0.717) is 23.9 Å². The molecule has 0 bridgehead atoms. The van der Waals surface area contributed by atoms with Gasteiger partial charge in [0.05, 0.1) is 0 Å². The zero-order valence-corrected chi connectivity index (χ0v) is 14.5. The summed E-state index contributed by atoms with van der Waals surface area (Å²) in [6.07, 6.45) is 2.99. The monoisotopic (exact) mass is 333 g/mol. The second-order valence-corrected chi connectivity index (χ2v) is 6.26. The third-order valence-corrected chi connectivity index (χ3v) is 4.13. The Morgan fingerprint density at radius 3 is 2.75 bits per heavy atom. The number of piperidine rings is 1. The van der Waals surface area contributed by atoms with E-state index in [1.54, 1.807) is 24.3 Å². The van der Waals surface area contributed by atoms with Crippen molar-refractivity contribution < 1.29 is 14.3 Å². The van der Waals surface area contributed by atoms with Crippen LogP contribution in [0.3, 0.4) is 0 Å². The lowest BCUT2D eigenvalue weighted by Gasteiger charge is -2.30. The average molecular weight is 333 g/mol. The highest BCUT2D eigenvalue weighted by Gasteiger charge is 2.20. The van der Waals surface area contributed by atoms with Gasteiger partial charge in [-0.25, -0.2) is 4.79 Å². The molecule has 1 fully saturated rings. The highest BCUT2D eigenvalue weighted by Crippen LogP contribution is 2.19. The number of hydrogen-bond acceptors (Lipinski definition) is 3. The van der Waals surface area contributed by atoms with Gasteiger partial charge in [-0.3, -0.25) is 4.79 Å². The maximum absolute atomic E-state index is 12.2. The number of nitrogens with zero attached hydrogens (tertiary/aromatic N) is 1. The molecule has 24 heavy (non-hydrogen) atoms. The van der Waals surface area contributed by atoms with Crippen LogP contribution in [-0.2, 0) is 4.79 Å². The lowest BCUT2D eigenvalue weighted by atomic mass is 9.99. The van der Waals surface area contributed by atoms with Crippen molar-refractivity contribution in [1.29, 1.82) is 0 Å². The van der Waals surface area contributed by atoms with E-state index in [1.165, 1.54) is 0 Å². The van der Waals surface area contributed by atoms with E-state index < -0.39 is 0 Å². The number of benzene rings is 1. The number of amides is 3. The minimum Gasteiger partial charge on any atom is -0.484 e. The molecular formula is C18H27N3O3. The molecule has 1 heterocycles. The molecule has 1 saturated heterocycles. The Hall–Kier alpha value is -2.24. The van der Waals surface area contributed by atoms with Crippen molar-refractivity contribution in [3.8, 4) is 5.75 Å². The number of carbonyl (C=O) groups is 2. The van der Waals surface area contributed by atoms with Crippen molar-refractivity contribution in [2.45, 2.75) is 33.1 Å². The minimum atomic E-state index is -0.243. The number of carbonyl (C=O) groups excluding carboxylic acids is 2. The van der Waals surface area contributed by atoms with Crippen LogP contribution in [0.5, 0.6) is 5.75 Å². The highest BCUT2D eigenvalue weighted by atomic mass is 16.5. The Kier molecular flexibility index (Phi) is 6.90. The van der Waals surface area contributed by atoms with Gasteiger partial charge in [-0.1, -0.05) is 19.9 Å². The number of likely N-dealkylation sites (tertiary alicyclic amines) is 1. The lowest BCUT2D eigenvalue weighted by molar-refractivity contribution is -0.134. The molecule has 1 aliphatic rings. The van der Waals surface area contributed by atoms with Gasteiger partial charge in [0.25, 0.3) is 5.91 Å². The van der Waals surface area contributed by atoms with Crippen molar-refractivity contribution in [3.63, 3.8) is 0 Å². The second-order valence-electron chi connectivity index (χ2n) is 6.26. The zero-order chi connectivity index (χ0) is 17.4. The predicted octanol–water partition coefficient (Wildman–Crippen LogP) is 2.86. The maximum Gasteiger partial charge on any atom is 0.319 e. The molecule has 6 nitrogen and oxygen atoms in total. The number of urea groups is 1. The molecule has 1 aromatic rings. The fourth-order valence-corrected chi connectivity index (χ4v) is 2.57. The third-order valence-electron chi connectivity index (χ3n) is 4.13. The van der Waals surface area contributed by atoms with Crippen molar-refractivity contribution in [2.24, 2.45) is 5.92 Å². The number of ether oxygens (including phenoxy) is 1. The molecular weight excluding hydrogens is 306 g/mol. The smallest absolute Gasteiger partial charge is 0.319 e. The summed E-state index contributed by atoms with van der Waals surface area (Å²) in [5, 5.41) is 5.49. The van der Waals surface area contributed by atoms with Crippen molar-refractivity contribution in [3.05, 3.63) is 24.3 Å². The summed E-state index contributed by atoms with van der Waals surface area (Å²) in [5.74, 6) is 1.28. The first-order valence-electron chi connectivity index (χ1n) is 8.64. The van der Waals surface area contributed by atoms with Gasteiger partial charge in [0.1, 0.15) is 5.75 Å². The summed E-state index contributed by atoms with van der Waals surface area (Å²) in [6.45, 7) is 6.48. The quantitative estimate of drug-likeness (QED) is 0.841. The average Bonchev–Trinajstić information content (AvgIpc) is 2.59. The molecule has 0 saturated carbocycles. The van der Waals surface area contributed by atoms with E-state index >= 15 is 0 Å². The molecule has 0 spiro atoms. The van der Waals surface area contributed by atoms with Gasteiger partial charge >= 0.3 is 6.03 Å². The van der Waals surface area contributed by atoms with Crippen molar-refractivity contribution in [1.82, 2.24) is 10.2 Å². The van der Waals surface area contributed by atoms with Crippen LogP contribution in [-0.4, -0.2) is 43.1 Å². The maximum atomic E-state index is 12.2. The first-order valence-corrected chi connectivity index (χ1v) is 8.64. The van der Waals surface area contributed by atoms with Gasteiger partial charge in [0, 0.05) is 31.4 Å². The fourth-order valence-electron chi connectivity index (χ4n) is 2.57. The summed E-state index contributed by atoms with van der Waals surface area (Å²) in [7, 11) is 0. The van der Waals surface area contributed by atoms with Crippen LogP contribution in [0.25, 0.3) is 0 Å². The Labute approximate surface area is 143 Å². The lowest BCUT2D eigenvalue weighted by Crippen LogP contribution is -2.40. The highest BCUT2D eigenvalue weighted by molar-refractivity contribution is 5.89. The van der Waals surface area contributed by atoms with Gasteiger partial charge in [0.15, 0.2) is 6.61 Å². The summed E-state index contributed by atoms with van der Waals surface area (Å²) in [6, 6.07) is 6.83. The first kappa shape index (κ1) is 18.1. The van der Waals surface area contributed by atoms with E-state index in [9.17, 15) is 9.59 Å².